The van der Waals surface area contributed by atoms with E-state index in [1.54, 1.807) is 11.3 Å². The fourth-order valence-corrected chi connectivity index (χ4v) is 2.57. The number of benzene rings is 1. The molecule has 0 spiro atoms. The highest BCUT2D eigenvalue weighted by molar-refractivity contribution is 7.09. The molecule has 0 unspecified atom stereocenters. The van der Waals surface area contributed by atoms with Crippen molar-refractivity contribution in [3.63, 3.8) is 0 Å². The molecule has 0 aliphatic carbocycles. The molecule has 2 aromatic heterocycles. The van der Waals surface area contributed by atoms with E-state index in [2.05, 4.69) is 20.4 Å². The lowest BCUT2D eigenvalue weighted by Crippen LogP contribution is -2.19. The van der Waals surface area contributed by atoms with Gasteiger partial charge in [0.2, 0.25) is 5.91 Å². The minimum absolute atomic E-state index is 0.129. The fourth-order valence-electron chi connectivity index (χ4n) is 1.95. The van der Waals surface area contributed by atoms with Crippen molar-refractivity contribution >= 4 is 22.9 Å². The maximum Gasteiger partial charge on any atom is 0.246 e. The van der Waals surface area contributed by atoms with Gasteiger partial charge in [-0.3, -0.25) is 4.79 Å². The highest BCUT2D eigenvalue weighted by Crippen LogP contribution is 2.28. The second-order valence-corrected chi connectivity index (χ2v) is 5.50. The van der Waals surface area contributed by atoms with Gasteiger partial charge in [0.05, 0.1) is 16.4 Å². The molecular formula is C14H13N5OS. The van der Waals surface area contributed by atoms with Crippen LogP contribution in [0.2, 0.25) is 0 Å². The molecule has 0 aliphatic heterocycles. The lowest BCUT2D eigenvalue weighted by Gasteiger charge is -2.09. The van der Waals surface area contributed by atoms with E-state index in [4.69, 9.17) is 0 Å². The number of aromatic nitrogens is 4. The second-order valence-electron chi connectivity index (χ2n) is 4.44. The minimum atomic E-state index is -0.153. The summed E-state index contributed by atoms with van der Waals surface area (Å²) >= 11 is 1.58. The third kappa shape index (κ3) is 3.14. The number of carbonyl (C=O) groups is 1. The third-order valence-corrected chi connectivity index (χ3v) is 3.64. The molecule has 0 radical (unpaired) electrons. The van der Waals surface area contributed by atoms with E-state index in [-0.39, 0.29) is 12.5 Å². The first kappa shape index (κ1) is 13.4. The summed E-state index contributed by atoms with van der Waals surface area (Å²) in [5, 5.41) is 9.79. The van der Waals surface area contributed by atoms with Gasteiger partial charge < -0.3 is 5.32 Å². The Labute approximate surface area is 125 Å². The molecule has 0 atom stereocenters. The molecule has 0 saturated heterocycles. The Hall–Kier alpha value is -2.54. The summed E-state index contributed by atoms with van der Waals surface area (Å²) in [7, 11) is 0. The molecule has 3 aromatic rings. The van der Waals surface area contributed by atoms with Crippen LogP contribution in [0.4, 0.5) is 5.69 Å². The van der Waals surface area contributed by atoms with Crippen LogP contribution in [-0.2, 0) is 11.3 Å². The van der Waals surface area contributed by atoms with Gasteiger partial charge in [-0.15, -0.1) is 11.3 Å². The van der Waals surface area contributed by atoms with Gasteiger partial charge in [0, 0.05) is 10.9 Å². The van der Waals surface area contributed by atoms with Gasteiger partial charge in [-0.1, -0.05) is 18.2 Å². The quantitative estimate of drug-likeness (QED) is 0.802. The van der Waals surface area contributed by atoms with Crippen molar-refractivity contribution in [3.8, 4) is 11.3 Å². The van der Waals surface area contributed by atoms with E-state index < -0.39 is 0 Å². The predicted molar refractivity (Wildman–Crippen MR) is 80.9 cm³/mol. The molecule has 0 fully saturated rings. The van der Waals surface area contributed by atoms with E-state index in [0.717, 1.165) is 22.0 Å². The standard InChI is InChI=1S/C14H13N5OS/c1-10-17-13(7-21-10)11-4-2-3-5-12(11)18-14(20)6-19-9-15-8-16-19/h2-5,7-9H,6H2,1H3,(H,18,20). The molecule has 106 valence electrons. The summed E-state index contributed by atoms with van der Waals surface area (Å²) in [6.07, 6.45) is 2.91. The Morgan fingerprint density at radius 2 is 2.24 bits per heavy atom. The van der Waals surface area contributed by atoms with E-state index in [0.29, 0.717) is 0 Å². The zero-order valence-corrected chi connectivity index (χ0v) is 12.2. The predicted octanol–water partition coefficient (Wildman–Crippen LogP) is 2.35. The maximum atomic E-state index is 12.1. The van der Waals surface area contributed by atoms with Crippen LogP contribution in [0.5, 0.6) is 0 Å². The summed E-state index contributed by atoms with van der Waals surface area (Å²) < 4.78 is 1.48. The van der Waals surface area contributed by atoms with Crippen LogP contribution in [0.3, 0.4) is 0 Å². The van der Waals surface area contributed by atoms with Crippen LogP contribution < -0.4 is 5.32 Å². The molecule has 21 heavy (non-hydrogen) atoms. The smallest absolute Gasteiger partial charge is 0.246 e. The summed E-state index contributed by atoms with van der Waals surface area (Å²) in [4.78, 5) is 20.3. The summed E-state index contributed by atoms with van der Waals surface area (Å²) in [5.41, 5.74) is 2.52. The number of rotatable bonds is 4. The van der Waals surface area contributed by atoms with Crippen LogP contribution in [0.25, 0.3) is 11.3 Å². The van der Waals surface area contributed by atoms with Gasteiger partial charge in [0.1, 0.15) is 19.2 Å². The second kappa shape index (κ2) is 5.84. The molecule has 0 bridgehead atoms. The monoisotopic (exact) mass is 299 g/mol. The molecule has 7 heteroatoms. The maximum absolute atomic E-state index is 12.1. The van der Waals surface area contributed by atoms with Gasteiger partial charge >= 0.3 is 0 Å². The van der Waals surface area contributed by atoms with Crippen molar-refractivity contribution in [2.45, 2.75) is 13.5 Å². The summed E-state index contributed by atoms with van der Waals surface area (Å²) in [5.74, 6) is -0.153. The number of aryl methyl sites for hydroxylation is 1. The fraction of sp³-hybridized carbons (Fsp3) is 0.143. The highest BCUT2D eigenvalue weighted by atomic mass is 32.1. The van der Waals surface area contributed by atoms with Crippen molar-refractivity contribution in [3.05, 3.63) is 47.3 Å². The first-order valence-electron chi connectivity index (χ1n) is 6.36. The third-order valence-electron chi connectivity index (χ3n) is 2.87. The Kier molecular flexibility index (Phi) is 3.74. The van der Waals surface area contributed by atoms with Gasteiger partial charge in [0.25, 0.3) is 0 Å². The number of nitrogens with one attached hydrogen (secondary N) is 1. The Bertz CT molecular complexity index is 750. The Balaban J connectivity index is 1.81. The zero-order valence-electron chi connectivity index (χ0n) is 11.4. The minimum Gasteiger partial charge on any atom is -0.324 e. The lowest BCUT2D eigenvalue weighted by atomic mass is 10.1. The van der Waals surface area contributed by atoms with Gasteiger partial charge in [-0.25, -0.2) is 14.6 Å². The molecular weight excluding hydrogens is 286 g/mol. The van der Waals surface area contributed by atoms with E-state index in [9.17, 15) is 4.79 Å². The average Bonchev–Trinajstić information content (AvgIpc) is 3.11. The largest absolute Gasteiger partial charge is 0.324 e. The Morgan fingerprint density at radius 3 is 2.95 bits per heavy atom. The first-order valence-corrected chi connectivity index (χ1v) is 7.24. The number of thiazole rings is 1. The van der Waals surface area contributed by atoms with Crippen molar-refractivity contribution in [1.82, 2.24) is 19.7 Å². The molecule has 1 amide bonds. The topological polar surface area (TPSA) is 72.7 Å². The molecule has 1 aromatic carbocycles. The summed E-state index contributed by atoms with van der Waals surface area (Å²) in [6, 6.07) is 7.62. The number of carbonyl (C=O) groups excluding carboxylic acids is 1. The van der Waals surface area contributed by atoms with Crippen molar-refractivity contribution in [1.29, 1.82) is 0 Å². The molecule has 2 heterocycles. The van der Waals surface area contributed by atoms with Crippen LogP contribution >= 0.6 is 11.3 Å². The molecule has 0 saturated carbocycles. The molecule has 1 N–H and O–H groups in total. The average molecular weight is 299 g/mol. The zero-order chi connectivity index (χ0) is 14.7. The van der Waals surface area contributed by atoms with E-state index >= 15 is 0 Å². The lowest BCUT2D eigenvalue weighted by molar-refractivity contribution is -0.116. The molecule has 3 rings (SSSR count). The SMILES string of the molecule is Cc1nc(-c2ccccc2NC(=O)Cn2cncn2)cs1. The number of nitrogens with zero attached hydrogens (tertiary/aromatic N) is 4. The van der Waals surface area contributed by atoms with Crippen LogP contribution in [0.15, 0.2) is 42.3 Å². The number of hydrogen-bond donors (Lipinski definition) is 1. The highest BCUT2D eigenvalue weighted by Gasteiger charge is 2.11. The van der Waals surface area contributed by atoms with Crippen molar-refractivity contribution in [2.75, 3.05) is 5.32 Å². The van der Waals surface area contributed by atoms with Gasteiger partial charge in [-0.2, -0.15) is 5.10 Å². The molecule has 6 nitrogen and oxygen atoms in total. The van der Waals surface area contributed by atoms with Crippen LogP contribution in [0, 0.1) is 6.92 Å². The summed E-state index contributed by atoms with van der Waals surface area (Å²) in [6.45, 7) is 2.09. The van der Waals surface area contributed by atoms with Crippen molar-refractivity contribution < 1.29 is 4.79 Å². The number of anilines is 1. The molecule has 0 aliphatic rings. The van der Waals surface area contributed by atoms with E-state index in [1.807, 2.05) is 36.6 Å². The Morgan fingerprint density at radius 1 is 1.38 bits per heavy atom. The number of hydrogen-bond acceptors (Lipinski definition) is 5. The van der Waals surface area contributed by atoms with Gasteiger partial charge in [-0.05, 0) is 13.0 Å². The van der Waals surface area contributed by atoms with Gasteiger partial charge in [0.15, 0.2) is 0 Å². The van der Waals surface area contributed by atoms with Crippen LogP contribution in [0.1, 0.15) is 5.01 Å². The normalized spacial score (nSPS) is 10.5. The van der Waals surface area contributed by atoms with E-state index in [1.165, 1.54) is 17.3 Å². The number of amides is 1. The van der Waals surface area contributed by atoms with Crippen molar-refractivity contribution in [2.24, 2.45) is 0 Å². The van der Waals surface area contributed by atoms with Crippen LogP contribution in [-0.4, -0.2) is 25.7 Å². The number of para-hydroxylation sites is 1. The first-order chi connectivity index (χ1) is 10.2.